The first kappa shape index (κ1) is 13.9. The summed E-state index contributed by atoms with van der Waals surface area (Å²) in [4.78, 5) is 17.1. The maximum absolute atomic E-state index is 12.6. The fourth-order valence-corrected chi connectivity index (χ4v) is 3.77. The molecule has 0 saturated carbocycles. The first-order valence-electron chi connectivity index (χ1n) is 7.23. The molecule has 1 aromatic rings. The average molecular weight is 338 g/mol. The molecule has 2 aliphatic rings. The zero-order valence-electron chi connectivity index (χ0n) is 11.5. The third-order valence-corrected chi connectivity index (χ3v) is 4.75. The summed E-state index contributed by atoms with van der Waals surface area (Å²) >= 11 is 3.40. The van der Waals surface area contributed by atoms with E-state index >= 15 is 0 Å². The van der Waals surface area contributed by atoms with Gasteiger partial charge in [0.15, 0.2) is 0 Å². The summed E-state index contributed by atoms with van der Waals surface area (Å²) < 4.78 is 0.858. The van der Waals surface area contributed by atoms with Gasteiger partial charge in [0.1, 0.15) is 0 Å². The van der Waals surface area contributed by atoms with Crippen molar-refractivity contribution in [2.45, 2.75) is 25.3 Å². The second-order valence-corrected chi connectivity index (χ2v) is 6.63. The third-order valence-electron chi connectivity index (χ3n) is 4.29. The number of piperidine rings is 1. The summed E-state index contributed by atoms with van der Waals surface area (Å²) in [5, 5.41) is 0. The van der Waals surface area contributed by atoms with Gasteiger partial charge >= 0.3 is 0 Å². The first-order chi connectivity index (χ1) is 9.63. The molecule has 108 valence electrons. The molecule has 1 atom stereocenters. The molecule has 0 spiro atoms. The Morgan fingerprint density at radius 2 is 2.05 bits per heavy atom. The van der Waals surface area contributed by atoms with E-state index in [-0.39, 0.29) is 5.91 Å². The van der Waals surface area contributed by atoms with Crippen molar-refractivity contribution in [1.82, 2.24) is 9.80 Å². The van der Waals surface area contributed by atoms with E-state index in [9.17, 15) is 4.79 Å². The molecule has 5 heteroatoms. The fraction of sp³-hybridized carbons (Fsp3) is 0.533. The van der Waals surface area contributed by atoms with E-state index in [0.29, 0.717) is 17.3 Å². The quantitative estimate of drug-likeness (QED) is 0.800. The topological polar surface area (TPSA) is 49.6 Å². The van der Waals surface area contributed by atoms with Crippen molar-refractivity contribution >= 4 is 27.5 Å². The smallest absolute Gasteiger partial charge is 0.254 e. The lowest BCUT2D eigenvalue weighted by atomic mass is 9.99. The standard InChI is InChI=1S/C15H20BrN3O/c16-12-7-11(8-13(17)9-12)15(20)19-6-5-18-4-2-1-3-14(18)10-19/h7-9,14H,1-6,10,17H2. The largest absolute Gasteiger partial charge is 0.399 e. The van der Waals surface area contributed by atoms with Gasteiger partial charge in [0.2, 0.25) is 0 Å². The number of nitrogen functional groups attached to an aromatic ring is 1. The molecule has 0 bridgehead atoms. The minimum Gasteiger partial charge on any atom is -0.399 e. The Morgan fingerprint density at radius 3 is 2.85 bits per heavy atom. The van der Waals surface area contributed by atoms with Crippen LogP contribution in [0, 0.1) is 0 Å². The third kappa shape index (κ3) is 2.83. The normalized spacial score (nSPS) is 23.4. The summed E-state index contributed by atoms with van der Waals surface area (Å²) in [6.45, 7) is 3.86. The highest BCUT2D eigenvalue weighted by Crippen LogP contribution is 2.23. The highest BCUT2D eigenvalue weighted by atomic mass is 79.9. The number of nitrogens with two attached hydrogens (primary N) is 1. The fourth-order valence-electron chi connectivity index (χ4n) is 3.26. The van der Waals surface area contributed by atoms with Gasteiger partial charge in [-0.05, 0) is 37.6 Å². The van der Waals surface area contributed by atoms with Crippen LogP contribution in [0.15, 0.2) is 22.7 Å². The van der Waals surface area contributed by atoms with Gasteiger partial charge in [-0.2, -0.15) is 0 Å². The maximum Gasteiger partial charge on any atom is 0.254 e. The SMILES string of the molecule is Nc1cc(Br)cc(C(=O)N2CCN3CCCCC3C2)c1. The molecular weight excluding hydrogens is 318 g/mol. The maximum atomic E-state index is 12.6. The van der Waals surface area contributed by atoms with Gasteiger partial charge in [-0.25, -0.2) is 0 Å². The predicted octanol–water partition coefficient (Wildman–Crippen LogP) is 2.34. The Balaban J connectivity index is 1.74. The summed E-state index contributed by atoms with van der Waals surface area (Å²) in [6, 6.07) is 5.98. The first-order valence-corrected chi connectivity index (χ1v) is 8.02. The van der Waals surface area contributed by atoms with Crippen LogP contribution in [0.4, 0.5) is 5.69 Å². The summed E-state index contributed by atoms with van der Waals surface area (Å²) in [7, 11) is 0. The van der Waals surface area contributed by atoms with E-state index in [1.54, 1.807) is 6.07 Å². The molecule has 3 rings (SSSR count). The molecule has 0 radical (unpaired) electrons. The van der Waals surface area contributed by atoms with E-state index in [2.05, 4.69) is 20.8 Å². The van der Waals surface area contributed by atoms with Crippen LogP contribution in [0.25, 0.3) is 0 Å². The number of carbonyl (C=O) groups excluding carboxylic acids is 1. The zero-order chi connectivity index (χ0) is 14.1. The van der Waals surface area contributed by atoms with Crippen molar-refractivity contribution in [3.05, 3.63) is 28.2 Å². The van der Waals surface area contributed by atoms with Crippen molar-refractivity contribution in [2.24, 2.45) is 0 Å². The van der Waals surface area contributed by atoms with Gasteiger partial charge < -0.3 is 10.6 Å². The van der Waals surface area contributed by atoms with Crippen LogP contribution in [-0.4, -0.2) is 47.9 Å². The molecule has 2 heterocycles. The molecule has 1 amide bonds. The Hall–Kier alpha value is -1.07. The predicted molar refractivity (Wildman–Crippen MR) is 83.7 cm³/mol. The highest BCUT2D eigenvalue weighted by Gasteiger charge is 2.31. The molecule has 20 heavy (non-hydrogen) atoms. The van der Waals surface area contributed by atoms with Gasteiger partial charge in [-0.3, -0.25) is 9.69 Å². The Morgan fingerprint density at radius 1 is 1.20 bits per heavy atom. The van der Waals surface area contributed by atoms with Crippen LogP contribution in [0.5, 0.6) is 0 Å². The van der Waals surface area contributed by atoms with Crippen LogP contribution in [0.3, 0.4) is 0 Å². The highest BCUT2D eigenvalue weighted by molar-refractivity contribution is 9.10. The Bertz CT molecular complexity index is 500. The van der Waals surface area contributed by atoms with E-state index in [0.717, 1.165) is 24.1 Å². The van der Waals surface area contributed by atoms with E-state index in [1.165, 1.54) is 25.8 Å². The molecule has 1 aromatic carbocycles. The van der Waals surface area contributed by atoms with Crippen molar-refractivity contribution < 1.29 is 4.79 Å². The van der Waals surface area contributed by atoms with Crippen LogP contribution < -0.4 is 5.73 Å². The second-order valence-electron chi connectivity index (χ2n) is 5.71. The Kier molecular flexibility index (Phi) is 3.98. The van der Waals surface area contributed by atoms with Crippen LogP contribution in [0.1, 0.15) is 29.6 Å². The van der Waals surface area contributed by atoms with Gasteiger partial charge in [0, 0.05) is 41.4 Å². The minimum atomic E-state index is 0.100. The number of rotatable bonds is 1. The van der Waals surface area contributed by atoms with Crippen molar-refractivity contribution in [1.29, 1.82) is 0 Å². The number of nitrogens with zero attached hydrogens (tertiary/aromatic N) is 2. The van der Waals surface area contributed by atoms with Gasteiger partial charge in [-0.15, -0.1) is 0 Å². The minimum absolute atomic E-state index is 0.100. The van der Waals surface area contributed by atoms with Gasteiger partial charge in [0.25, 0.3) is 5.91 Å². The van der Waals surface area contributed by atoms with Gasteiger partial charge in [-0.1, -0.05) is 22.4 Å². The van der Waals surface area contributed by atoms with Crippen molar-refractivity contribution in [3.63, 3.8) is 0 Å². The number of piperazine rings is 1. The number of halogens is 1. The molecule has 2 saturated heterocycles. The summed E-state index contributed by atoms with van der Waals surface area (Å²) in [6.07, 6.45) is 3.80. The molecule has 2 aliphatic heterocycles. The molecule has 4 nitrogen and oxygen atoms in total. The van der Waals surface area contributed by atoms with E-state index in [4.69, 9.17) is 5.73 Å². The molecule has 0 aliphatic carbocycles. The monoisotopic (exact) mass is 337 g/mol. The number of carbonyl (C=O) groups is 1. The van der Waals surface area contributed by atoms with Gasteiger partial charge in [0.05, 0.1) is 0 Å². The van der Waals surface area contributed by atoms with Crippen LogP contribution >= 0.6 is 15.9 Å². The number of hydrogen-bond donors (Lipinski definition) is 1. The van der Waals surface area contributed by atoms with Crippen molar-refractivity contribution in [3.8, 4) is 0 Å². The Labute approximate surface area is 128 Å². The lowest BCUT2D eigenvalue weighted by Crippen LogP contribution is -2.56. The van der Waals surface area contributed by atoms with Crippen LogP contribution in [0.2, 0.25) is 0 Å². The lowest BCUT2D eigenvalue weighted by Gasteiger charge is -2.44. The molecular formula is C15H20BrN3O. The van der Waals surface area contributed by atoms with Crippen molar-refractivity contribution in [2.75, 3.05) is 31.9 Å². The number of benzene rings is 1. The second kappa shape index (κ2) is 5.74. The number of hydrogen-bond acceptors (Lipinski definition) is 3. The molecule has 2 N–H and O–H groups in total. The molecule has 2 fully saturated rings. The number of fused-ring (bicyclic) bond motifs is 1. The van der Waals surface area contributed by atoms with E-state index < -0.39 is 0 Å². The number of anilines is 1. The zero-order valence-corrected chi connectivity index (χ0v) is 13.1. The molecule has 1 unspecified atom stereocenters. The van der Waals surface area contributed by atoms with Crippen LogP contribution in [-0.2, 0) is 0 Å². The van der Waals surface area contributed by atoms with E-state index in [1.807, 2.05) is 17.0 Å². The molecule has 0 aromatic heterocycles. The summed E-state index contributed by atoms with van der Waals surface area (Å²) in [5.41, 5.74) is 7.13. The summed E-state index contributed by atoms with van der Waals surface area (Å²) in [5.74, 6) is 0.100. The number of amides is 1. The average Bonchev–Trinajstić information content (AvgIpc) is 2.45. The lowest BCUT2D eigenvalue weighted by molar-refractivity contribution is 0.0372.